The Kier molecular flexibility index (Phi) is 23.0. The van der Waals surface area contributed by atoms with Gasteiger partial charge in [-0.15, -0.1) is 0 Å². The Labute approximate surface area is 346 Å². The number of hydrogen-bond donors (Lipinski definition) is 6. The summed E-state index contributed by atoms with van der Waals surface area (Å²) >= 11 is 0. The van der Waals surface area contributed by atoms with E-state index in [1.807, 2.05) is 0 Å². The molecule has 17 heteroatoms. The molecule has 17 nitrogen and oxygen atoms in total. The smallest absolute Gasteiger partial charge is 0.330 e. The van der Waals surface area contributed by atoms with E-state index in [0.717, 1.165) is 31.1 Å². The summed E-state index contributed by atoms with van der Waals surface area (Å²) in [5, 5.41) is 19.4. The number of nitrogens with two attached hydrogens (primary N) is 1. The molecule has 0 radical (unpaired) electrons. The molecule has 4 amide bonds. The van der Waals surface area contributed by atoms with Gasteiger partial charge in [0, 0.05) is 30.7 Å². The van der Waals surface area contributed by atoms with Gasteiger partial charge in [0.15, 0.2) is 0 Å². The molecule has 0 heterocycles. The number of allylic oxidation sites excluding steroid dienone is 2. The van der Waals surface area contributed by atoms with Crippen LogP contribution in [0.5, 0.6) is 0 Å². The highest BCUT2D eigenvalue weighted by atomic mass is 16.5. The molecule has 0 saturated carbocycles. The van der Waals surface area contributed by atoms with Crippen molar-refractivity contribution in [3.05, 3.63) is 54.1 Å². The molecule has 0 aliphatic heterocycles. The quantitative estimate of drug-likeness (QED) is 0.0257. The van der Waals surface area contributed by atoms with E-state index in [-0.39, 0.29) is 44.1 Å². The first-order chi connectivity index (χ1) is 27.7. The molecule has 0 aliphatic carbocycles. The lowest BCUT2D eigenvalue weighted by Crippen LogP contribution is -2.53. The van der Waals surface area contributed by atoms with Crippen LogP contribution in [0.2, 0.25) is 0 Å². The molecule has 1 aromatic carbocycles. The van der Waals surface area contributed by atoms with Crippen LogP contribution < -0.4 is 27.0 Å². The number of methoxy groups -OCH3 is 1. The van der Waals surface area contributed by atoms with Gasteiger partial charge in [-0.1, -0.05) is 65.3 Å². The highest BCUT2D eigenvalue weighted by molar-refractivity contribution is 5.98. The average Bonchev–Trinajstić information content (AvgIpc) is 3.15. The second-order valence-electron chi connectivity index (χ2n) is 15.4. The second-order valence-corrected chi connectivity index (χ2v) is 15.4. The highest BCUT2D eigenvalue weighted by Crippen LogP contribution is 2.28. The molecule has 0 aliphatic rings. The normalized spacial score (nSPS) is 14.1. The summed E-state index contributed by atoms with van der Waals surface area (Å²) in [7, 11) is 1.18. The summed E-state index contributed by atoms with van der Waals surface area (Å²) in [6, 6.07) is 3.84. The Morgan fingerprint density at radius 3 is 2.02 bits per heavy atom. The van der Waals surface area contributed by atoms with Crippen LogP contribution in [0, 0.1) is 17.3 Å². The van der Waals surface area contributed by atoms with Crippen LogP contribution in [0.25, 0.3) is 0 Å². The molecule has 0 saturated heterocycles. The monoisotopic (exact) mass is 829 g/mol. The number of ether oxygens (including phenoxy) is 3. The van der Waals surface area contributed by atoms with Gasteiger partial charge in [0.25, 0.3) is 0 Å². The van der Waals surface area contributed by atoms with Gasteiger partial charge in [0.2, 0.25) is 23.6 Å². The third-order valence-electron chi connectivity index (χ3n) is 9.08. The lowest BCUT2D eigenvalue weighted by molar-refractivity contribution is -0.152. The number of amides is 4. The van der Waals surface area contributed by atoms with E-state index in [4.69, 9.17) is 25.1 Å². The zero-order chi connectivity index (χ0) is 44.7. The van der Waals surface area contributed by atoms with E-state index < -0.39 is 77.2 Å². The zero-order valence-electron chi connectivity index (χ0n) is 35.5. The van der Waals surface area contributed by atoms with Crippen molar-refractivity contribution in [1.82, 2.24) is 16.0 Å². The molecule has 1 rings (SSSR count). The van der Waals surface area contributed by atoms with Crippen molar-refractivity contribution >= 4 is 53.2 Å². The summed E-state index contributed by atoms with van der Waals surface area (Å²) in [5.41, 5.74) is 5.71. The van der Waals surface area contributed by atoms with Crippen molar-refractivity contribution in [2.45, 2.75) is 118 Å². The summed E-state index contributed by atoms with van der Waals surface area (Å²) in [5.74, 6) is -5.55. The van der Waals surface area contributed by atoms with Crippen LogP contribution in [-0.4, -0.2) is 91.0 Å². The molecule has 0 spiro atoms. The molecular weight excluding hydrogens is 766 g/mol. The van der Waals surface area contributed by atoms with E-state index >= 15 is 0 Å². The molecule has 3 unspecified atom stereocenters. The van der Waals surface area contributed by atoms with Crippen molar-refractivity contribution < 1.29 is 57.7 Å². The Balaban J connectivity index is 2.69. The van der Waals surface area contributed by atoms with Crippen LogP contribution in [0.1, 0.15) is 105 Å². The van der Waals surface area contributed by atoms with Crippen molar-refractivity contribution in [3.8, 4) is 0 Å². The van der Waals surface area contributed by atoms with Crippen LogP contribution in [-0.2, 0) is 52.6 Å². The maximum atomic E-state index is 13.1. The minimum absolute atomic E-state index is 0.0822. The lowest BCUT2D eigenvalue weighted by Gasteiger charge is -2.27. The number of benzene rings is 1. The van der Waals surface area contributed by atoms with Gasteiger partial charge in [0.1, 0.15) is 24.2 Å². The number of anilines is 1. The molecular formula is C42H63N5O12. The second kappa shape index (κ2) is 26.4. The molecule has 0 fully saturated rings. The van der Waals surface area contributed by atoms with Crippen LogP contribution in [0.4, 0.5) is 5.69 Å². The van der Waals surface area contributed by atoms with Gasteiger partial charge in [0.05, 0.1) is 20.1 Å². The number of carbonyl (C=O) groups is 8. The van der Waals surface area contributed by atoms with Gasteiger partial charge in [-0.2, -0.15) is 0 Å². The summed E-state index contributed by atoms with van der Waals surface area (Å²) in [6.07, 6.45) is 6.13. The summed E-state index contributed by atoms with van der Waals surface area (Å²) in [4.78, 5) is 99.2. The maximum Gasteiger partial charge on any atom is 0.330 e. The Morgan fingerprint density at radius 1 is 0.797 bits per heavy atom. The van der Waals surface area contributed by atoms with Crippen molar-refractivity contribution in [1.29, 1.82) is 0 Å². The first-order valence-electron chi connectivity index (χ1n) is 19.7. The van der Waals surface area contributed by atoms with Crippen LogP contribution in [0.3, 0.4) is 0 Å². The number of rotatable bonds is 26. The molecule has 1 aromatic rings. The van der Waals surface area contributed by atoms with Crippen molar-refractivity contribution in [3.63, 3.8) is 0 Å². The third-order valence-corrected chi connectivity index (χ3v) is 9.08. The predicted octanol–water partition coefficient (Wildman–Crippen LogP) is 3.62. The number of carboxylic acid groups (broad SMARTS) is 1. The molecule has 7 N–H and O–H groups in total. The fraction of sp³-hybridized carbons (Fsp3) is 0.571. The minimum atomic E-state index is -1.17. The highest BCUT2D eigenvalue weighted by Gasteiger charge is 2.32. The zero-order valence-corrected chi connectivity index (χ0v) is 35.5. The van der Waals surface area contributed by atoms with E-state index in [9.17, 15) is 38.4 Å². The molecule has 59 heavy (non-hydrogen) atoms. The van der Waals surface area contributed by atoms with Crippen molar-refractivity contribution in [2.24, 2.45) is 23.0 Å². The van der Waals surface area contributed by atoms with Crippen molar-refractivity contribution in [2.75, 3.05) is 25.6 Å². The fourth-order valence-corrected chi connectivity index (χ4v) is 5.66. The Bertz CT molecular complexity index is 1640. The summed E-state index contributed by atoms with van der Waals surface area (Å²) < 4.78 is 15.6. The van der Waals surface area contributed by atoms with E-state index in [1.165, 1.54) is 20.1 Å². The number of unbranched alkanes of at least 4 members (excludes halogenated alkanes) is 2. The van der Waals surface area contributed by atoms with E-state index in [1.54, 1.807) is 65.8 Å². The average molecular weight is 830 g/mol. The lowest BCUT2D eigenvalue weighted by atomic mass is 9.85. The predicted molar refractivity (Wildman–Crippen MR) is 219 cm³/mol. The van der Waals surface area contributed by atoms with Gasteiger partial charge in [-0.25, -0.2) is 14.4 Å². The Morgan fingerprint density at radius 2 is 1.42 bits per heavy atom. The number of hydrogen-bond acceptors (Lipinski definition) is 12. The van der Waals surface area contributed by atoms with E-state index in [2.05, 4.69) is 21.3 Å². The third kappa shape index (κ3) is 21.1. The molecule has 5 atom stereocenters. The fourth-order valence-electron chi connectivity index (χ4n) is 5.66. The number of carbonyl (C=O) groups excluding carboxylic acids is 7. The standard InChI is InChI=1S/C42H63N5O12/c1-26(2)37(46-32(48)14-10-9-13-22-43)40(55)44-28(4)39(54)45-31-19-17-30(18-20-31)29(5)59-36(53)25-42(6,7)24-33(49)47-38(41(56)57-8)27(3)21-23-58-35(52)16-12-11-15-34(50)51/h11-12,15-20,26-29,37-38H,9-10,13-14,21-25,43H2,1-8H3,(H,44,55)(H,45,54)(H,46,48)(H,47,49)(H,50,51)/b15-11-,16-12+/t27-,28+,29?,37?,38?/m1/s1. The topological polar surface area (TPSA) is 259 Å². The Hall–Kier alpha value is -5.58. The molecule has 0 aromatic heterocycles. The summed E-state index contributed by atoms with van der Waals surface area (Å²) in [6.45, 7) is 12.4. The van der Waals surface area contributed by atoms with Crippen LogP contribution in [0.15, 0.2) is 48.6 Å². The number of esters is 3. The minimum Gasteiger partial charge on any atom is -0.478 e. The first kappa shape index (κ1) is 51.4. The number of carboxylic acids is 1. The van der Waals surface area contributed by atoms with E-state index in [0.29, 0.717) is 24.2 Å². The molecule has 0 bridgehead atoms. The number of nitrogens with one attached hydrogen (secondary N) is 4. The molecule has 328 valence electrons. The number of aliphatic carboxylic acids is 1. The van der Waals surface area contributed by atoms with Gasteiger partial charge >= 0.3 is 23.9 Å². The van der Waals surface area contributed by atoms with Gasteiger partial charge in [-0.05, 0) is 74.6 Å². The SMILES string of the molecule is COC(=O)C(NC(=O)CC(C)(C)CC(=O)OC(C)c1ccc(NC(=O)[C@H](C)NC(=O)C(NC(=O)CCCCCN)C(C)C)cc1)[C@H](C)CCOC(=O)/C=C/C=C\C(=O)O. The largest absolute Gasteiger partial charge is 0.478 e. The van der Waals surface area contributed by atoms with Crippen LogP contribution >= 0.6 is 0 Å². The van der Waals surface area contributed by atoms with Gasteiger partial charge < -0.3 is 46.3 Å². The maximum absolute atomic E-state index is 13.1. The van der Waals surface area contributed by atoms with Gasteiger partial charge in [-0.3, -0.25) is 24.0 Å². The first-order valence-corrected chi connectivity index (χ1v) is 19.7.